The number of carbonyl (C=O) groups excluding carboxylic acids is 1. The molecule has 0 saturated heterocycles. The van der Waals surface area contributed by atoms with E-state index in [1.807, 2.05) is 0 Å². The zero-order chi connectivity index (χ0) is 21.2. The van der Waals surface area contributed by atoms with Crippen LogP contribution in [0.2, 0.25) is 0 Å². The third kappa shape index (κ3) is 4.51. The minimum absolute atomic E-state index is 0.157. The topological polar surface area (TPSA) is 71.4 Å². The number of hydrogen-bond donors (Lipinski definition) is 1. The fraction of sp³-hybridized carbons (Fsp3) is 0.200. The van der Waals surface area contributed by atoms with Gasteiger partial charge in [-0.25, -0.2) is 4.98 Å². The molecule has 0 aliphatic carbocycles. The van der Waals surface area contributed by atoms with Gasteiger partial charge in [0.15, 0.2) is 5.69 Å². The molecule has 1 aromatic heterocycles. The molecule has 29 heavy (non-hydrogen) atoms. The predicted molar refractivity (Wildman–Crippen MR) is 106 cm³/mol. The first-order valence-corrected chi connectivity index (χ1v) is 9.40. The van der Waals surface area contributed by atoms with Crippen LogP contribution in [0.15, 0.2) is 53.7 Å². The maximum atomic E-state index is 13.2. The number of aromatic nitrogens is 1. The van der Waals surface area contributed by atoms with E-state index in [4.69, 9.17) is 0 Å². The monoisotopic (exact) mass is 419 g/mol. The number of nitrogens with zero attached hydrogens (tertiary/aromatic N) is 2. The van der Waals surface area contributed by atoms with Crippen LogP contribution in [-0.2, 0) is 6.18 Å². The molecule has 2 aromatic carbocycles. The van der Waals surface area contributed by atoms with Crippen LogP contribution in [0, 0.1) is 11.8 Å². The Bertz CT molecular complexity index is 1050. The first kappa shape index (κ1) is 20.7. The van der Waals surface area contributed by atoms with Gasteiger partial charge in [0.2, 0.25) is 0 Å². The lowest BCUT2D eigenvalue weighted by atomic mass is 10.00. The highest BCUT2D eigenvalue weighted by Crippen LogP contribution is 2.35. The Labute approximate surface area is 168 Å². The molecular weight excluding hydrogens is 403 g/mol. The summed E-state index contributed by atoms with van der Waals surface area (Å²) in [5, 5.41) is 5.70. The van der Waals surface area contributed by atoms with Gasteiger partial charge < -0.3 is 5.32 Å². The molecule has 0 aliphatic rings. The molecule has 3 aromatic rings. The van der Waals surface area contributed by atoms with Crippen LogP contribution in [0.4, 0.5) is 18.9 Å². The number of halogens is 3. The van der Waals surface area contributed by atoms with Crippen molar-refractivity contribution in [2.45, 2.75) is 26.1 Å². The van der Waals surface area contributed by atoms with Crippen molar-refractivity contribution in [3.63, 3.8) is 0 Å². The van der Waals surface area contributed by atoms with Gasteiger partial charge >= 0.3 is 6.18 Å². The summed E-state index contributed by atoms with van der Waals surface area (Å²) >= 11 is 0.695. The molecule has 0 spiro atoms. The fourth-order valence-corrected chi connectivity index (χ4v) is 3.63. The van der Waals surface area contributed by atoms with Gasteiger partial charge in [0, 0.05) is 11.3 Å². The minimum Gasteiger partial charge on any atom is -0.321 e. The van der Waals surface area contributed by atoms with Crippen LogP contribution in [0.1, 0.15) is 38.9 Å². The number of nitrogens with one attached hydrogen (secondary N) is 1. The van der Waals surface area contributed by atoms with Gasteiger partial charge in [-0.15, -0.1) is 11.3 Å². The van der Waals surface area contributed by atoms with Crippen molar-refractivity contribution in [2.24, 2.45) is 5.18 Å². The summed E-state index contributed by atoms with van der Waals surface area (Å²) in [4.78, 5) is 26.2. The summed E-state index contributed by atoms with van der Waals surface area (Å²) in [6.07, 6.45) is -4.71. The number of amides is 1. The van der Waals surface area contributed by atoms with Crippen LogP contribution in [0.5, 0.6) is 0 Å². The van der Waals surface area contributed by atoms with E-state index in [9.17, 15) is 22.9 Å². The van der Waals surface area contributed by atoms with Crippen LogP contribution >= 0.6 is 11.3 Å². The van der Waals surface area contributed by atoms with E-state index < -0.39 is 28.7 Å². The Morgan fingerprint density at radius 3 is 2.41 bits per heavy atom. The first-order valence-electron chi connectivity index (χ1n) is 8.58. The number of thiazole rings is 1. The molecule has 5 nitrogen and oxygen atoms in total. The standard InChI is InChI=1S/C20H16F3N3O2S/c1-11(26-28)13-7-9-14(10-8-13)15-5-3-4-6-16(15)25-19(27)17-18(20(21,22)23)24-12(2)29-17/h3-11H,1-2H3,(H,25,27). The molecule has 0 radical (unpaired) electrons. The van der Waals surface area contributed by atoms with E-state index in [2.05, 4.69) is 15.5 Å². The zero-order valence-electron chi connectivity index (χ0n) is 15.4. The number of alkyl halides is 3. The Kier molecular flexibility index (Phi) is 5.78. The molecule has 1 unspecified atom stereocenters. The highest BCUT2D eigenvalue weighted by Gasteiger charge is 2.39. The summed E-state index contributed by atoms with van der Waals surface area (Å²) in [6, 6.07) is 13.3. The predicted octanol–water partition coefficient (Wildman–Crippen LogP) is 6.22. The number of carbonyl (C=O) groups is 1. The van der Waals surface area contributed by atoms with Crippen LogP contribution in [-0.4, -0.2) is 10.9 Å². The van der Waals surface area contributed by atoms with E-state index >= 15 is 0 Å². The molecule has 9 heteroatoms. The van der Waals surface area contributed by atoms with Crippen molar-refractivity contribution in [3.8, 4) is 11.1 Å². The minimum atomic E-state index is -4.71. The van der Waals surface area contributed by atoms with Gasteiger partial charge in [-0.2, -0.15) is 18.1 Å². The molecule has 0 saturated carbocycles. The van der Waals surface area contributed by atoms with Gasteiger partial charge in [0.25, 0.3) is 5.91 Å². The van der Waals surface area contributed by atoms with Crippen molar-refractivity contribution in [3.05, 3.63) is 74.6 Å². The summed E-state index contributed by atoms with van der Waals surface area (Å²) in [5.41, 5.74) is 1.29. The summed E-state index contributed by atoms with van der Waals surface area (Å²) < 4.78 is 39.5. The molecule has 0 fully saturated rings. The van der Waals surface area contributed by atoms with Gasteiger partial charge in [-0.3, -0.25) is 4.79 Å². The lowest BCUT2D eigenvalue weighted by Crippen LogP contribution is -2.17. The number of benzene rings is 2. The number of para-hydroxylation sites is 1. The Hall–Kier alpha value is -3.07. The van der Waals surface area contributed by atoms with Crippen molar-refractivity contribution < 1.29 is 18.0 Å². The fourth-order valence-electron chi connectivity index (χ4n) is 2.80. The summed E-state index contributed by atoms with van der Waals surface area (Å²) in [6.45, 7) is 3.09. The van der Waals surface area contributed by atoms with Gasteiger partial charge in [-0.05, 0) is 31.0 Å². The van der Waals surface area contributed by atoms with E-state index in [1.54, 1.807) is 55.5 Å². The quantitative estimate of drug-likeness (QED) is 0.499. The highest BCUT2D eigenvalue weighted by atomic mass is 32.1. The molecule has 1 heterocycles. The molecule has 1 amide bonds. The number of nitroso groups, excluding NO2 is 1. The molecular formula is C20H16F3N3O2S. The van der Waals surface area contributed by atoms with Gasteiger partial charge in [0.1, 0.15) is 10.9 Å². The smallest absolute Gasteiger partial charge is 0.321 e. The second kappa shape index (κ2) is 8.12. The number of anilines is 1. The normalized spacial score (nSPS) is 12.4. The molecule has 3 rings (SSSR count). The lowest BCUT2D eigenvalue weighted by Gasteiger charge is -2.12. The summed E-state index contributed by atoms with van der Waals surface area (Å²) in [5.74, 6) is -0.870. The number of hydrogen-bond acceptors (Lipinski definition) is 5. The second-order valence-corrected chi connectivity index (χ2v) is 7.51. The largest absolute Gasteiger partial charge is 0.435 e. The maximum Gasteiger partial charge on any atom is 0.435 e. The third-order valence-corrected chi connectivity index (χ3v) is 5.22. The molecule has 1 atom stereocenters. The van der Waals surface area contributed by atoms with E-state index in [-0.39, 0.29) is 5.01 Å². The molecule has 150 valence electrons. The van der Waals surface area contributed by atoms with Gasteiger partial charge in [0.05, 0.1) is 5.01 Å². The Morgan fingerprint density at radius 1 is 1.14 bits per heavy atom. The summed E-state index contributed by atoms with van der Waals surface area (Å²) in [7, 11) is 0. The number of aryl methyl sites for hydroxylation is 1. The third-order valence-electron chi connectivity index (χ3n) is 4.25. The Morgan fingerprint density at radius 2 is 1.79 bits per heavy atom. The van der Waals surface area contributed by atoms with Crippen molar-refractivity contribution >= 4 is 22.9 Å². The van der Waals surface area contributed by atoms with Crippen molar-refractivity contribution in [2.75, 3.05) is 5.32 Å². The van der Waals surface area contributed by atoms with Crippen LogP contribution in [0.3, 0.4) is 0 Å². The Balaban J connectivity index is 1.93. The van der Waals surface area contributed by atoms with Crippen LogP contribution < -0.4 is 5.32 Å². The molecule has 0 bridgehead atoms. The van der Waals surface area contributed by atoms with Crippen molar-refractivity contribution in [1.29, 1.82) is 0 Å². The molecule has 0 aliphatic heterocycles. The zero-order valence-corrected chi connectivity index (χ0v) is 16.3. The lowest BCUT2D eigenvalue weighted by molar-refractivity contribution is -0.141. The average molecular weight is 419 g/mol. The van der Waals surface area contributed by atoms with E-state index in [0.717, 1.165) is 11.1 Å². The second-order valence-electron chi connectivity index (χ2n) is 6.31. The molecule has 1 N–H and O–H groups in total. The van der Waals surface area contributed by atoms with Crippen LogP contribution in [0.25, 0.3) is 11.1 Å². The van der Waals surface area contributed by atoms with Gasteiger partial charge in [-0.1, -0.05) is 47.6 Å². The number of rotatable bonds is 5. The maximum absolute atomic E-state index is 13.2. The first-order chi connectivity index (χ1) is 13.7. The van der Waals surface area contributed by atoms with E-state index in [0.29, 0.717) is 22.6 Å². The SMILES string of the molecule is Cc1nc(C(F)(F)F)c(C(=O)Nc2ccccc2-c2ccc(C(C)N=O)cc2)s1. The van der Waals surface area contributed by atoms with Crippen molar-refractivity contribution in [1.82, 2.24) is 4.98 Å². The van der Waals surface area contributed by atoms with E-state index in [1.165, 1.54) is 6.92 Å². The average Bonchev–Trinajstić information content (AvgIpc) is 3.10. The highest BCUT2D eigenvalue weighted by molar-refractivity contribution is 7.13.